The smallest absolute Gasteiger partial charge is 0.410 e. The van der Waals surface area contributed by atoms with Gasteiger partial charge in [-0.25, -0.2) is 14.2 Å². The van der Waals surface area contributed by atoms with Gasteiger partial charge in [-0.2, -0.15) is 0 Å². The largest absolute Gasteiger partial charge is 0.496 e. The van der Waals surface area contributed by atoms with Crippen LogP contribution in [0.1, 0.15) is 50.0 Å². The first-order chi connectivity index (χ1) is 16.0. The maximum absolute atomic E-state index is 15.9. The number of nitrogens with zero attached hydrogens (tertiary/aromatic N) is 2. The summed E-state index contributed by atoms with van der Waals surface area (Å²) in [5.74, 6) is -0.982. The molecule has 186 valence electrons. The molecule has 0 spiro atoms. The maximum Gasteiger partial charge on any atom is 0.410 e. The van der Waals surface area contributed by atoms with E-state index in [1.54, 1.807) is 44.9 Å². The zero-order chi connectivity index (χ0) is 25.2. The number of anilines is 1. The summed E-state index contributed by atoms with van der Waals surface area (Å²) in [4.78, 5) is 32.4. The second kappa shape index (κ2) is 10.5. The molecule has 1 aromatic heterocycles. The van der Waals surface area contributed by atoms with Crippen LogP contribution >= 0.6 is 23.1 Å². The molecule has 0 bridgehead atoms. The van der Waals surface area contributed by atoms with Crippen LogP contribution in [0.15, 0.2) is 21.4 Å². The highest BCUT2D eigenvalue weighted by atomic mass is 32.2. The van der Waals surface area contributed by atoms with Crippen molar-refractivity contribution < 1.29 is 23.5 Å². The molecule has 34 heavy (non-hydrogen) atoms. The van der Waals surface area contributed by atoms with Gasteiger partial charge in [0.15, 0.2) is 16.7 Å². The number of hydrogen-bond acceptors (Lipinski definition) is 9. The second-order valence-electron chi connectivity index (χ2n) is 8.98. The Morgan fingerprint density at radius 3 is 2.68 bits per heavy atom. The molecule has 0 radical (unpaired) electrons. The summed E-state index contributed by atoms with van der Waals surface area (Å²) < 4.78 is 27.5. The molecule has 0 aliphatic carbocycles. The number of thiazole rings is 1. The van der Waals surface area contributed by atoms with Crippen molar-refractivity contribution in [1.82, 2.24) is 15.2 Å². The van der Waals surface area contributed by atoms with Crippen molar-refractivity contribution in [2.24, 2.45) is 0 Å². The van der Waals surface area contributed by atoms with Crippen LogP contribution in [0.4, 0.5) is 14.3 Å². The predicted octanol–water partition coefficient (Wildman–Crippen LogP) is 4.50. The number of nitrogens with two attached hydrogens (primary N) is 1. The SMILES string of the molecule is CCC1C(C(=O)c2c(OC)cc(C)c(Sc3cnc(N)s3)c2F)NCCN1C(=O)OC(C)(C)C. The third-order valence-corrected chi connectivity index (χ3v) is 7.51. The van der Waals surface area contributed by atoms with E-state index in [0.717, 1.165) is 0 Å². The van der Waals surface area contributed by atoms with Gasteiger partial charge in [-0.3, -0.25) is 4.79 Å². The monoisotopic (exact) mass is 510 g/mol. The van der Waals surface area contributed by atoms with Gasteiger partial charge in [-0.05, 0) is 45.7 Å². The quantitative estimate of drug-likeness (QED) is 0.547. The Kier molecular flexibility index (Phi) is 8.10. The normalized spacial score (nSPS) is 18.6. The summed E-state index contributed by atoms with van der Waals surface area (Å²) >= 11 is 2.41. The Hall–Kier alpha value is -2.37. The molecule has 1 aromatic carbocycles. The molecule has 2 aromatic rings. The molecule has 8 nitrogen and oxygen atoms in total. The van der Waals surface area contributed by atoms with Crippen LogP contribution in [0, 0.1) is 12.7 Å². The number of ether oxygens (including phenoxy) is 2. The number of nitrogens with one attached hydrogen (secondary N) is 1. The van der Waals surface area contributed by atoms with Gasteiger partial charge in [0.05, 0.1) is 40.1 Å². The van der Waals surface area contributed by atoms with Crippen LogP contribution in [0.3, 0.4) is 0 Å². The lowest BCUT2D eigenvalue weighted by Gasteiger charge is -2.41. The summed E-state index contributed by atoms with van der Waals surface area (Å²) in [6, 6.07) is 0.339. The third kappa shape index (κ3) is 5.64. The van der Waals surface area contributed by atoms with Gasteiger partial charge in [-0.15, -0.1) is 0 Å². The summed E-state index contributed by atoms with van der Waals surface area (Å²) in [6.45, 7) is 9.78. The fourth-order valence-electron chi connectivity index (χ4n) is 3.91. The summed E-state index contributed by atoms with van der Waals surface area (Å²) in [5.41, 5.74) is 5.53. The number of carbonyl (C=O) groups excluding carboxylic acids is 2. The molecule has 3 rings (SSSR count). The zero-order valence-electron chi connectivity index (χ0n) is 20.2. The number of nitrogen functional groups attached to an aromatic ring is 1. The van der Waals surface area contributed by atoms with Crippen molar-refractivity contribution in [1.29, 1.82) is 0 Å². The van der Waals surface area contributed by atoms with Crippen LogP contribution in [-0.2, 0) is 4.74 Å². The number of benzene rings is 1. The summed E-state index contributed by atoms with van der Waals surface area (Å²) in [7, 11) is 1.40. The molecule has 1 aliphatic rings. The van der Waals surface area contributed by atoms with Gasteiger partial charge in [0, 0.05) is 13.1 Å². The molecule has 0 saturated carbocycles. The van der Waals surface area contributed by atoms with E-state index < -0.39 is 35.4 Å². The highest BCUT2D eigenvalue weighted by Crippen LogP contribution is 2.40. The predicted molar refractivity (Wildman–Crippen MR) is 131 cm³/mol. The Morgan fingerprint density at radius 1 is 1.41 bits per heavy atom. The molecule has 1 fully saturated rings. The maximum atomic E-state index is 15.9. The Morgan fingerprint density at radius 2 is 2.12 bits per heavy atom. The number of methoxy groups -OCH3 is 1. The van der Waals surface area contributed by atoms with Crippen molar-refractivity contribution in [3.63, 3.8) is 0 Å². The number of rotatable bonds is 6. The van der Waals surface area contributed by atoms with E-state index in [2.05, 4.69) is 10.3 Å². The minimum Gasteiger partial charge on any atom is -0.496 e. The lowest BCUT2D eigenvalue weighted by Crippen LogP contribution is -2.62. The Bertz CT molecular complexity index is 1070. The van der Waals surface area contributed by atoms with Gasteiger partial charge >= 0.3 is 6.09 Å². The second-order valence-corrected chi connectivity index (χ2v) is 11.4. The highest BCUT2D eigenvalue weighted by molar-refractivity contribution is 8.01. The first-order valence-electron chi connectivity index (χ1n) is 11.0. The number of aryl methyl sites for hydroxylation is 1. The highest BCUT2D eigenvalue weighted by Gasteiger charge is 2.41. The van der Waals surface area contributed by atoms with E-state index in [4.69, 9.17) is 15.2 Å². The molecule has 2 unspecified atom stereocenters. The minimum atomic E-state index is -0.811. The van der Waals surface area contributed by atoms with Crippen LogP contribution in [0.2, 0.25) is 0 Å². The van der Waals surface area contributed by atoms with E-state index in [9.17, 15) is 9.59 Å². The number of piperazine rings is 1. The standard InChI is InChI=1S/C23H31FN4O4S2/c1-7-13-18(26-8-9-28(13)22(30)32-23(3,4)5)19(29)16-14(31-6)10-12(2)20(17(16)24)33-15-11-27-21(25)34-15/h10-11,13,18,26H,7-9H2,1-6H3,(H2,25,27). The number of halogens is 1. The molecule has 2 heterocycles. The van der Waals surface area contributed by atoms with Crippen molar-refractivity contribution in [2.45, 2.75) is 67.8 Å². The first-order valence-corrected chi connectivity index (χ1v) is 12.6. The fourth-order valence-corrected chi connectivity index (χ4v) is 5.72. The van der Waals surface area contributed by atoms with Crippen LogP contribution in [0.25, 0.3) is 0 Å². The van der Waals surface area contributed by atoms with Gasteiger partial charge in [-0.1, -0.05) is 30.0 Å². The van der Waals surface area contributed by atoms with E-state index in [-0.39, 0.29) is 11.3 Å². The van der Waals surface area contributed by atoms with Crippen molar-refractivity contribution in [3.05, 3.63) is 29.2 Å². The van der Waals surface area contributed by atoms with E-state index in [1.165, 1.54) is 30.2 Å². The topological polar surface area (TPSA) is 107 Å². The summed E-state index contributed by atoms with van der Waals surface area (Å²) in [6.07, 6.45) is 1.57. The number of carbonyl (C=O) groups is 2. The molecular weight excluding hydrogens is 479 g/mol. The van der Waals surface area contributed by atoms with E-state index in [0.29, 0.717) is 39.3 Å². The van der Waals surface area contributed by atoms with Gasteiger partial charge in [0.1, 0.15) is 11.4 Å². The first kappa shape index (κ1) is 26.2. The van der Waals surface area contributed by atoms with Gasteiger partial charge < -0.3 is 25.4 Å². The number of aromatic nitrogens is 1. The lowest BCUT2D eigenvalue weighted by molar-refractivity contribution is 0.00617. The molecule has 11 heteroatoms. The fraction of sp³-hybridized carbons (Fsp3) is 0.522. The average Bonchev–Trinajstić information content (AvgIpc) is 3.18. The Labute approximate surface area is 207 Å². The van der Waals surface area contributed by atoms with Gasteiger partial charge in [0.25, 0.3) is 0 Å². The number of ketones is 1. The molecule has 1 aliphatic heterocycles. The number of Topliss-reactive ketones (excluding diaryl/α,β-unsaturated/α-hetero) is 1. The molecular formula is C23H31FN4O4S2. The van der Waals surface area contributed by atoms with Crippen LogP contribution < -0.4 is 15.8 Å². The third-order valence-electron chi connectivity index (χ3n) is 5.37. The van der Waals surface area contributed by atoms with Crippen LogP contribution in [-0.4, -0.2) is 59.6 Å². The van der Waals surface area contributed by atoms with E-state index in [1.807, 2.05) is 6.92 Å². The molecule has 1 amide bonds. The molecule has 1 saturated heterocycles. The average molecular weight is 511 g/mol. The van der Waals surface area contributed by atoms with Crippen LogP contribution in [0.5, 0.6) is 5.75 Å². The van der Waals surface area contributed by atoms with Gasteiger partial charge in [0.2, 0.25) is 0 Å². The lowest BCUT2D eigenvalue weighted by atomic mass is 9.92. The number of amides is 1. The van der Waals surface area contributed by atoms with Crippen molar-refractivity contribution in [3.8, 4) is 5.75 Å². The van der Waals surface area contributed by atoms with E-state index >= 15 is 4.39 Å². The molecule has 3 N–H and O–H groups in total. The van der Waals surface area contributed by atoms with Crippen molar-refractivity contribution in [2.75, 3.05) is 25.9 Å². The van der Waals surface area contributed by atoms with Crippen molar-refractivity contribution >= 4 is 40.1 Å². The summed E-state index contributed by atoms with van der Waals surface area (Å²) in [5, 5.41) is 3.56. The minimum absolute atomic E-state index is 0.143. The number of hydrogen-bond donors (Lipinski definition) is 2. The zero-order valence-corrected chi connectivity index (χ0v) is 21.9. The Balaban J connectivity index is 1.98. The molecule has 2 atom stereocenters.